The lowest BCUT2D eigenvalue weighted by Gasteiger charge is -2.33. The first-order chi connectivity index (χ1) is 7.13. The van der Waals surface area contributed by atoms with Gasteiger partial charge >= 0.3 is 0 Å². The molecule has 0 aromatic rings. The number of likely N-dealkylation sites (tertiary alicyclic amines) is 1. The zero-order chi connectivity index (χ0) is 11.3. The van der Waals surface area contributed by atoms with Crippen LogP contribution in [0, 0.1) is 23.2 Å². The summed E-state index contributed by atoms with van der Waals surface area (Å²) in [7, 11) is 0. The van der Waals surface area contributed by atoms with Crippen molar-refractivity contribution in [3.05, 3.63) is 0 Å². The molecule has 1 aliphatic heterocycles. The van der Waals surface area contributed by atoms with E-state index in [1.54, 1.807) is 0 Å². The quantitative estimate of drug-likeness (QED) is 0.713. The average molecular weight is 208 g/mol. The summed E-state index contributed by atoms with van der Waals surface area (Å²) < 4.78 is 0. The lowest BCUT2D eigenvalue weighted by molar-refractivity contribution is -0.132. The molecule has 0 saturated carbocycles. The maximum absolute atomic E-state index is 11.5. The molecule has 0 bridgehead atoms. The van der Waals surface area contributed by atoms with Gasteiger partial charge in [-0.1, -0.05) is 13.8 Å². The molecule has 1 heterocycles. The van der Waals surface area contributed by atoms with E-state index >= 15 is 0 Å². The number of carbonyl (C=O) groups excluding carboxylic acids is 1. The maximum atomic E-state index is 11.5. The molecule has 0 aromatic heterocycles. The van der Waals surface area contributed by atoms with E-state index in [0.717, 1.165) is 19.5 Å². The summed E-state index contributed by atoms with van der Waals surface area (Å²) >= 11 is 0. The van der Waals surface area contributed by atoms with Gasteiger partial charge in [-0.15, -0.1) is 0 Å². The third-order valence-corrected chi connectivity index (χ3v) is 2.91. The molecule has 0 spiro atoms. The Balaban J connectivity index is 2.42. The van der Waals surface area contributed by atoms with Crippen molar-refractivity contribution >= 4 is 5.91 Å². The van der Waals surface area contributed by atoms with Crippen LogP contribution in [0.4, 0.5) is 0 Å². The van der Waals surface area contributed by atoms with Crippen molar-refractivity contribution < 1.29 is 4.79 Å². The molecular weight excluding hydrogens is 188 g/mol. The summed E-state index contributed by atoms with van der Waals surface area (Å²) in [6.45, 7) is 6.14. The first-order valence-electron chi connectivity index (χ1n) is 5.78. The maximum Gasteiger partial charge on any atom is 0.236 e. The molecule has 1 saturated heterocycles. The van der Waals surface area contributed by atoms with Crippen molar-refractivity contribution in [2.24, 2.45) is 11.8 Å². The van der Waals surface area contributed by atoms with Gasteiger partial charge < -0.3 is 4.90 Å². The molecule has 0 N–H and O–H groups in total. The Labute approximate surface area is 92.1 Å². The van der Waals surface area contributed by atoms with Gasteiger partial charge in [0.15, 0.2) is 0 Å². The minimum absolute atomic E-state index is 0.00551. The highest BCUT2D eigenvalue weighted by atomic mass is 16.2. The minimum atomic E-state index is 0.00551. The second-order valence-electron chi connectivity index (χ2n) is 4.81. The molecule has 1 aliphatic rings. The fourth-order valence-electron chi connectivity index (χ4n) is 2.33. The van der Waals surface area contributed by atoms with Gasteiger partial charge in [0.1, 0.15) is 6.42 Å². The molecule has 1 unspecified atom stereocenters. The van der Waals surface area contributed by atoms with E-state index in [4.69, 9.17) is 5.26 Å². The van der Waals surface area contributed by atoms with E-state index in [1.807, 2.05) is 11.0 Å². The van der Waals surface area contributed by atoms with Crippen molar-refractivity contribution in [1.29, 1.82) is 5.26 Å². The number of rotatable bonds is 3. The van der Waals surface area contributed by atoms with Crippen LogP contribution in [0.1, 0.15) is 39.5 Å². The molecule has 3 heteroatoms. The van der Waals surface area contributed by atoms with Gasteiger partial charge in [-0.05, 0) is 31.1 Å². The van der Waals surface area contributed by atoms with Gasteiger partial charge in [0.2, 0.25) is 5.91 Å². The van der Waals surface area contributed by atoms with Crippen LogP contribution in [0.2, 0.25) is 0 Å². The first kappa shape index (κ1) is 12.0. The number of hydrogen-bond acceptors (Lipinski definition) is 2. The van der Waals surface area contributed by atoms with Crippen LogP contribution < -0.4 is 0 Å². The van der Waals surface area contributed by atoms with E-state index in [1.165, 1.54) is 12.8 Å². The zero-order valence-corrected chi connectivity index (χ0v) is 9.70. The zero-order valence-electron chi connectivity index (χ0n) is 9.70. The highest BCUT2D eigenvalue weighted by molar-refractivity contribution is 5.78. The largest absolute Gasteiger partial charge is 0.342 e. The van der Waals surface area contributed by atoms with Crippen LogP contribution in [0.15, 0.2) is 0 Å². The Kier molecular flexibility index (Phi) is 4.61. The molecule has 1 fully saturated rings. The van der Waals surface area contributed by atoms with Crippen LogP contribution in [-0.4, -0.2) is 23.9 Å². The van der Waals surface area contributed by atoms with E-state index in [-0.39, 0.29) is 12.3 Å². The molecule has 84 valence electrons. The Hall–Kier alpha value is -1.04. The molecule has 1 amide bonds. The summed E-state index contributed by atoms with van der Waals surface area (Å²) in [5.41, 5.74) is 0. The molecule has 1 atom stereocenters. The summed E-state index contributed by atoms with van der Waals surface area (Å²) in [6, 6.07) is 1.93. The predicted molar refractivity (Wildman–Crippen MR) is 59.0 cm³/mol. The fraction of sp³-hybridized carbons (Fsp3) is 0.833. The van der Waals surface area contributed by atoms with Crippen molar-refractivity contribution in [3.63, 3.8) is 0 Å². The van der Waals surface area contributed by atoms with Crippen molar-refractivity contribution in [2.45, 2.75) is 39.5 Å². The number of nitriles is 1. The van der Waals surface area contributed by atoms with Crippen LogP contribution in [-0.2, 0) is 4.79 Å². The number of piperidine rings is 1. The number of carbonyl (C=O) groups is 1. The molecule has 15 heavy (non-hydrogen) atoms. The minimum Gasteiger partial charge on any atom is -0.342 e. The molecule has 1 rings (SSSR count). The molecule has 0 aromatic carbocycles. The van der Waals surface area contributed by atoms with Crippen molar-refractivity contribution in [1.82, 2.24) is 4.90 Å². The highest BCUT2D eigenvalue weighted by Gasteiger charge is 2.23. The lowest BCUT2D eigenvalue weighted by atomic mass is 9.89. The van der Waals surface area contributed by atoms with Gasteiger partial charge in [0.05, 0.1) is 6.07 Å². The number of nitrogens with zero attached hydrogens (tertiary/aromatic N) is 2. The monoisotopic (exact) mass is 208 g/mol. The second kappa shape index (κ2) is 5.75. The van der Waals surface area contributed by atoms with Crippen molar-refractivity contribution in [2.75, 3.05) is 13.1 Å². The highest BCUT2D eigenvalue weighted by Crippen LogP contribution is 2.23. The normalized spacial score (nSPS) is 21.5. The Morgan fingerprint density at radius 1 is 1.60 bits per heavy atom. The van der Waals surface area contributed by atoms with E-state index in [0.29, 0.717) is 11.8 Å². The third kappa shape index (κ3) is 3.91. The average Bonchev–Trinajstić information content (AvgIpc) is 2.17. The number of amides is 1. The molecule has 0 radical (unpaired) electrons. The topological polar surface area (TPSA) is 44.1 Å². The summed E-state index contributed by atoms with van der Waals surface area (Å²) in [5.74, 6) is 1.34. The van der Waals surface area contributed by atoms with E-state index < -0.39 is 0 Å². The van der Waals surface area contributed by atoms with Gasteiger partial charge in [-0.2, -0.15) is 5.26 Å². The first-order valence-corrected chi connectivity index (χ1v) is 5.78. The number of hydrogen-bond donors (Lipinski definition) is 0. The smallest absolute Gasteiger partial charge is 0.236 e. The molecule has 3 nitrogen and oxygen atoms in total. The van der Waals surface area contributed by atoms with Crippen LogP contribution in [0.25, 0.3) is 0 Å². The second-order valence-corrected chi connectivity index (χ2v) is 4.81. The van der Waals surface area contributed by atoms with Gasteiger partial charge in [-0.25, -0.2) is 0 Å². The fourth-order valence-corrected chi connectivity index (χ4v) is 2.33. The van der Waals surface area contributed by atoms with E-state index in [9.17, 15) is 4.79 Å². The van der Waals surface area contributed by atoms with Crippen molar-refractivity contribution in [3.8, 4) is 6.07 Å². The van der Waals surface area contributed by atoms with E-state index in [2.05, 4.69) is 13.8 Å². The van der Waals surface area contributed by atoms with Gasteiger partial charge in [0, 0.05) is 13.1 Å². The summed E-state index contributed by atoms with van der Waals surface area (Å²) in [5, 5.41) is 8.48. The molecule has 0 aliphatic carbocycles. The summed E-state index contributed by atoms with van der Waals surface area (Å²) in [4.78, 5) is 13.4. The Morgan fingerprint density at radius 2 is 2.33 bits per heavy atom. The van der Waals surface area contributed by atoms with Crippen LogP contribution in [0.5, 0.6) is 0 Å². The summed E-state index contributed by atoms with van der Waals surface area (Å²) in [6.07, 6.45) is 3.55. The van der Waals surface area contributed by atoms with Gasteiger partial charge in [-0.3, -0.25) is 4.79 Å². The molecular formula is C12H20N2O. The predicted octanol–water partition coefficient (Wildman–Crippen LogP) is 2.18. The SMILES string of the molecule is CC(C)CC1CCCN(C(=O)CC#N)C1. The Morgan fingerprint density at radius 3 is 2.93 bits per heavy atom. The Bertz CT molecular complexity index is 255. The third-order valence-electron chi connectivity index (χ3n) is 2.91. The standard InChI is InChI=1S/C12H20N2O/c1-10(2)8-11-4-3-7-14(9-11)12(15)5-6-13/h10-11H,3-5,7-9H2,1-2H3. The van der Waals surface area contributed by atoms with Crippen LogP contribution in [0.3, 0.4) is 0 Å². The lowest BCUT2D eigenvalue weighted by Crippen LogP contribution is -2.40. The van der Waals surface area contributed by atoms with Crippen LogP contribution >= 0.6 is 0 Å². The van der Waals surface area contributed by atoms with Gasteiger partial charge in [0.25, 0.3) is 0 Å².